The van der Waals surface area contributed by atoms with Crippen LogP contribution in [0.4, 0.5) is 4.79 Å². The smallest absolute Gasteiger partial charge is 0.326 e. The topological polar surface area (TPSA) is 116 Å². The molecule has 0 aromatic carbocycles. The summed E-state index contributed by atoms with van der Waals surface area (Å²) in [6.45, 7) is 3.95. The molecule has 0 fully saturated rings. The predicted octanol–water partition coefficient (Wildman–Crippen LogP) is 1.57. The largest absolute Gasteiger partial charge is 0.481 e. The molecule has 2 amide bonds. The molecule has 2 atom stereocenters. The molecule has 0 aliphatic heterocycles. The van der Waals surface area contributed by atoms with Crippen LogP contribution in [-0.2, 0) is 9.59 Å². The van der Waals surface area contributed by atoms with Crippen molar-refractivity contribution in [2.24, 2.45) is 0 Å². The van der Waals surface area contributed by atoms with Gasteiger partial charge < -0.3 is 20.8 Å². The maximum Gasteiger partial charge on any atom is 0.326 e. The molecule has 116 valence electrons. The van der Waals surface area contributed by atoms with Crippen molar-refractivity contribution in [3.05, 3.63) is 0 Å². The van der Waals surface area contributed by atoms with E-state index in [1.54, 1.807) is 0 Å². The van der Waals surface area contributed by atoms with E-state index in [9.17, 15) is 14.4 Å². The lowest BCUT2D eigenvalue weighted by molar-refractivity contribution is -0.145. The van der Waals surface area contributed by atoms with E-state index in [-0.39, 0.29) is 6.04 Å². The average molecular weight is 288 g/mol. The third-order valence-corrected chi connectivity index (χ3v) is 2.85. The van der Waals surface area contributed by atoms with Gasteiger partial charge in [0, 0.05) is 6.04 Å². The minimum absolute atomic E-state index is 0.0777. The minimum Gasteiger partial charge on any atom is -0.481 e. The summed E-state index contributed by atoms with van der Waals surface area (Å²) in [7, 11) is 0. The lowest BCUT2D eigenvalue weighted by atomic mass is 10.1. The van der Waals surface area contributed by atoms with Crippen molar-refractivity contribution in [2.45, 2.75) is 64.5 Å². The molecule has 0 saturated heterocycles. The van der Waals surface area contributed by atoms with Crippen LogP contribution in [0.5, 0.6) is 0 Å². The van der Waals surface area contributed by atoms with E-state index in [0.29, 0.717) is 0 Å². The lowest BCUT2D eigenvalue weighted by Crippen LogP contribution is -2.49. The van der Waals surface area contributed by atoms with E-state index in [4.69, 9.17) is 10.2 Å². The molecule has 20 heavy (non-hydrogen) atoms. The Balaban J connectivity index is 4.05. The number of urea groups is 1. The van der Waals surface area contributed by atoms with Crippen LogP contribution in [-0.4, -0.2) is 40.3 Å². The third-order valence-electron chi connectivity index (χ3n) is 2.85. The first-order valence-corrected chi connectivity index (χ1v) is 6.88. The number of carboxylic acids is 2. The van der Waals surface area contributed by atoms with Crippen LogP contribution in [0.25, 0.3) is 0 Å². The number of aliphatic carboxylic acids is 2. The van der Waals surface area contributed by atoms with Crippen molar-refractivity contribution in [3.63, 3.8) is 0 Å². The van der Waals surface area contributed by atoms with Crippen LogP contribution in [0.2, 0.25) is 0 Å². The fraction of sp³-hybridized carbons (Fsp3) is 0.769. The minimum atomic E-state index is -1.42. The molecule has 7 heteroatoms. The molecular formula is C13H24N2O5. The number of hydrogen-bond donors (Lipinski definition) is 4. The van der Waals surface area contributed by atoms with Crippen molar-refractivity contribution in [2.75, 3.05) is 0 Å². The van der Waals surface area contributed by atoms with Gasteiger partial charge in [0.2, 0.25) is 0 Å². The number of rotatable bonds is 10. The zero-order valence-corrected chi connectivity index (χ0v) is 12.0. The molecule has 0 rings (SSSR count). The summed E-state index contributed by atoms with van der Waals surface area (Å²) in [6.07, 6.45) is 4.54. The van der Waals surface area contributed by atoms with Gasteiger partial charge in [-0.3, -0.25) is 4.79 Å². The normalized spacial score (nSPS) is 13.3. The highest BCUT2D eigenvalue weighted by Crippen LogP contribution is 2.05. The van der Waals surface area contributed by atoms with Gasteiger partial charge in [0.1, 0.15) is 6.04 Å². The number of hydrogen-bond acceptors (Lipinski definition) is 3. The van der Waals surface area contributed by atoms with Gasteiger partial charge in [-0.25, -0.2) is 9.59 Å². The zero-order valence-electron chi connectivity index (χ0n) is 12.0. The summed E-state index contributed by atoms with van der Waals surface area (Å²) in [5, 5.41) is 22.1. The Hall–Kier alpha value is -1.79. The first-order chi connectivity index (χ1) is 9.36. The van der Waals surface area contributed by atoms with Gasteiger partial charge in [0.15, 0.2) is 0 Å². The fourth-order valence-corrected chi connectivity index (χ4v) is 1.75. The standard InChI is InChI=1S/C13H24N2O5/c1-3-4-5-6-7-9(2)14-13(20)15-10(12(18)19)8-11(16)17/h9-10H,3-8H2,1-2H3,(H,16,17)(H,18,19)(H2,14,15,20)/t9?,10-/m0/s1. The molecule has 0 aliphatic carbocycles. The molecule has 0 spiro atoms. The van der Waals surface area contributed by atoms with Gasteiger partial charge in [-0.2, -0.15) is 0 Å². The van der Waals surface area contributed by atoms with Crippen LogP contribution in [0, 0.1) is 0 Å². The number of nitrogens with one attached hydrogen (secondary N) is 2. The van der Waals surface area contributed by atoms with Crippen molar-refractivity contribution in [3.8, 4) is 0 Å². The summed E-state index contributed by atoms with van der Waals surface area (Å²) in [4.78, 5) is 32.8. The molecule has 1 unspecified atom stereocenters. The van der Waals surface area contributed by atoms with Gasteiger partial charge in [-0.1, -0.05) is 32.6 Å². The van der Waals surface area contributed by atoms with Crippen molar-refractivity contribution < 1.29 is 24.6 Å². The highest BCUT2D eigenvalue weighted by molar-refractivity contribution is 5.86. The second-order valence-electron chi connectivity index (χ2n) is 4.86. The number of carboxylic acid groups (broad SMARTS) is 2. The maximum absolute atomic E-state index is 11.6. The Morgan fingerprint density at radius 1 is 1.05 bits per heavy atom. The molecule has 0 aliphatic rings. The summed E-state index contributed by atoms with van der Waals surface area (Å²) in [6, 6.07) is -2.15. The molecular weight excluding hydrogens is 264 g/mol. The Labute approximate surface area is 118 Å². The molecule has 0 heterocycles. The lowest BCUT2D eigenvalue weighted by Gasteiger charge is -2.17. The second-order valence-corrected chi connectivity index (χ2v) is 4.86. The monoisotopic (exact) mass is 288 g/mol. The van der Waals surface area contributed by atoms with Crippen LogP contribution >= 0.6 is 0 Å². The highest BCUT2D eigenvalue weighted by Gasteiger charge is 2.23. The van der Waals surface area contributed by atoms with E-state index in [2.05, 4.69) is 17.6 Å². The van der Waals surface area contributed by atoms with Crippen LogP contribution < -0.4 is 10.6 Å². The summed E-state index contributed by atoms with van der Waals surface area (Å²) in [5.41, 5.74) is 0. The maximum atomic E-state index is 11.6. The Morgan fingerprint density at radius 2 is 1.70 bits per heavy atom. The molecule has 4 N–H and O–H groups in total. The van der Waals surface area contributed by atoms with Crippen molar-refractivity contribution >= 4 is 18.0 Å². The number of carbonyl (C=O) groups is 3. The summed E-state index contributed by atoms with van der Waals surface area (Å²) < 4.78 is 0. The quantitative estimate of drug-likeness (QED) is 0.455. The average Bonchev–Trinajstić information content (AvgIpc) is 2.33. The molecule has 0 saturated carbocycles. The third kappa shape index (κ3) is 9.18. The van der Waals surface area contributed by atoms with Gasteiger partial charge >= 0.3 is 18.0 Å². The highest BCUT2D eigenvalue weighted by atomic mass is 16.4. The Bertz CT molecular complexity index is 333. The van der Waals surface area contributed by atoms with E-state index in [1.807, 2.05) is 6.92 Å². The summed E-state index contributed by atoms with van der Waals surface area (Å²) >= 11 is 0. The second kappa shape index (κ2) is 10.1. The molecule has 0 aromatic heterocycles. The molecule has 0 radical (unpaired) electrons. The number of carbonyl (C=O) groups excluding carboxylic acids is 1. The fourth-order valence-electron chi connectivity index (χ4n) is 1.75. The van der Waals surface area contributed by atoms with E-state index >= 15 is 0 Å². The molecule has 7 nitrogen and oxygen atoms in total. The SMILES string of the molecule is CCCCCCC(C)NC(=O)N[C@@H](CC(=O)O)C(=O)O. The van der Waals surface area contributed by atoms with E-state index in [1.165, 1.54) is 0 Å². The first-order valence-electron chi connectivity index (χ1n) is 6.88. The number of unbranched alkanes of at least 4 members (excludes halogenated alkanes) is 3. The number of amides is 2. The predicted molar refractivity (Wildman–Crippen MR) is 73.6 cm³/mol. The van der Waals surface area contributed by atoms with Crippen LogP contribution in [0.1, 0.15) is 52.4 Å². The van der Waals surface area contributed by atoms with Crippen LogP contribution in [0.3, 0.4) is 0 Å². The van der Waals surface area contributed by atoms with E-state index < -0.39 is 30.4 Å². The zero-order chi connectivity index (χ0) is 15.5. The molecule has 0 aromatic rings. The van der Waals surface area contributed by atoms with Crippen molar-refractivity contribution in [1.82, 2.24) is 10.6 Å². The Kier molecular flexibility index (Phi) is 9.15. The van der Waals surface area contributed by atoms with Gasteiger partial charge in [0.05, 0.1) is 6.42 Å². The Morgan fingerprint density at radius 3 is 2.20 bits per heavy atom. The van der Waals surface area contributed by atoms with Crippen molar-refractivity contribution in [1.29, 1.82) is 0 Å². The first kappa shape index (κ1) is 18.2. The van der Waals surface area contributed by atoms with E-state index in [0.717, 1.165) is 32.1 Å². The van der Waals surface area contributed by atoms with Gasteiger partial charge in [-0.15, -0.1) is 0 Å². The van der Waals surface area contributed by atoms with Gasteiger partial charge in [0.25, 0.3) is 0 Å². The van der Waals surface area contributed by atoms with Gasteiger partial charge in [-0.05, 0) is 13.3 Å². The summed E-state index contributed by atoms with van der Waals surface area (Å²) in [5.74, 6) is -2.64. The molecule has 0 bridgehead atoms. The van der Waals surface area contributed by atoms with Crippen LogP contribution in [0.15, 0.2) is 0 Å².